The summed E-state index contributed by atoms with van der Waals surface area (Å²) in [5.74, 6) is 0.468. The number of hydrogen-bond donors (Lipinski definition) is 1. The van der Waals surface area contributed by atoms with Crippen molar-refractivity contribution in [2.24, 2.45) is 11.7 Å². The zero-order valence-electron chi connectivity index (χ0n) is 14.3. The maximum absolute atomic E-state index is 13.0. The summed E-state index contributed by atoms with van der Waals surface area (Å²) >= 11 is 3.05. The Morgan fingerprint density at radius 2 is 2.12 bits per heavy atom. The van der Waals surface area contributed by atoms with Crippen molar-refractivity contribution in [3.63, 3.8) is 0 Å². The Balaban J connectivity index is 1.59. The second kappa shape index (κ2) is 7.30. The normalized spacial score (nSPS) is 15.7. The molecule has 8 heteroatoms. The lowest BCUT2D eigenvalue weighted by Crippen LogP contribution is -2.42. The van der Waals surface area contributed by atoms with Gasteiger partial charge in [0.1, 0.15) is 11.4 Å². The fraction of sp³-hybridized carbons (Fsp3) is 0.389. The number of thiophene rings is 2. The van der Waals surface area contributed by atoms with E-state index in [1.807, 2.05) is 27.8 Å². The van der Waals surface area contributed by atoms with Gasteiger partial charge in [0.25, 0.3) is 5.56 Å². The van der Waals surface area contributed by atoms with Gasteiger partial charge in [-0.05, 0) is 36.8 Å². The molecule has 0 radical (unpaired) electrons. The number of rotatable bonds is 4. The van der Waals surface area contributed by atoms with Crippen molar-refractivity contribution < 1.29 is 4.79 Å². The van der Waals surface area contributed by atoms with E-state index < -0.39 is 0 Å². The summed E-state index contributed by atoms with van der Waals surface area (Å²) in [4.78, 5) is 33.6. The molecule has 1 fully saturated rings. The van der Waals surface area contributed by atoms with Crippen molar-refractivity contribution in [2.75, 3.05) is 19.6 Å². The molecule has 4 heterocycles. The number of piperidine rings is 1. The first-order chi connectivity index (χ1) is 12.7. The van der Waals surface area contributed by atoms with E-state index in [1.165, 1.54) is 22.2 Å². The lowest BCUT2D eigenvalue weighted by Gasteiger charge is -2.31. The van der Waals surface area contributed by atoms with E-state index in [0.29, 0.717) is 35.8 Å². The molecule has 4 rings (SSSR count). The zero-order valence-corrected chi connectivity index (χ0v) is 15.9. The maximum atomic E-state index is 13.0. The molecule has 1 saturated heterocycles. The van der Waals surface area contributed by atoms with Gasteiger partial charge in [0, 0.05) is 28.9 Å². The summed E-state index contributed by atoms with van der Waals surface area (Å²) in [6, 6.07) is 3.96. The SMILES string of the molecule is NCC1CCN(C(=O)Cn2cnc3scc(-c4cccs4)c3c2=O)CC1. The van der Waals surface area contributed by atoms with E-state index in [0.717, 1.165) is 23.3 Å². The predicted octanol–water partition coefficient (Wildman–Crippen LogP) is 2.38. The number of nitrogens with two attached hydrogens (primary N) is 1. The van der Waals surface area contributed by atoms with Crippen LogP contribution in [0.3, 0.4) is 0 Å². The minimum atomic E-state index is -0.148. The van der Waals surface area contributed by atoms with Gasteiger partial charge in [0.2, 0.25) is 5.91 Å². The Morgan fingerprint density at radius 3 is 2.81 bits per heavy atom. The molecule has 3 aromatic rings. The Kier molecular flexibility index (Phi) is 4.88. The van der Waals surface area contributed by atoms with Gasteiger partial charge in [-0.3, -0.25) is 14.2 Å². The van der Waals surface area contributed by atoms with Crippen molar-refractivity contribution in [1.82, 2.24) is 14.5 Å². The standard InChI is InChI=1S/C18H20N4O2S2/c19-8-12-3-5-21(6-4-12)15(23)9-22-11-20-17-16(18(22)24)13(10-26-17)14-2-1-7-25-14/h1-2,7,10-12H,3-6,8-9,19H2. The molecule has 0 aromatic carbocycles. The highest BCUT2D eigenvalue weighted by Crippen LogP contribution is 2.33. The van der Waals surface area contributed by atoms with Crippen LogP contribution in [0.15, 0.2) is 34.0 Å². The second-order valence-electron chi connectivity index (χ2n) is 6.54. The smallest absolute Gasteiger partial charge is 0.263 e. The van der Waals surface area contributed by atoms with E-state index in [2.05, 4.69) is 4.98 Å². The van der Waals surface area contributed by atoms with Crippen LogP contribution >= 0.6 is 22.7 Å². The summed E-state index contributed by atoms with van der Waals surface area (Å²) in [5, 5.41) is 4.56. The van der Waals surface area contributed by atoms with E-state index in [4.69, 9.17) is 5.73 Å². The molecule has 6 nitrogen and oxygen atoms in total. The van der Waals surface area contributed by atoms with Gasteiger partial charge in [-0.1, -0.05) is 6.07 Å². The highest BCUT2D eigenvalue weighted by atomic mass is 32.1. The van der Waals surface area contributed by atoms with Crippen molar-refractivity contribution in [3.05, 3.63) is 39.6 Å². The molecule has 3 aromatic heterocycles. The van der Waals surface area contributed by atoms with Crippen LogP contribution in [-0.2, 0) is 11.3 Å². The van der Waals surface area contributed by atoms with Gasteiger partial charge < -0.3 is 10.6 Å². The third-order valence-corrected chi connectivity index (χ3v) is 6.74. The van der Waals surface area contributed by atoms with Crippen LogP contribution in [0.1, 0.15) is 12.8 Å². The van der Waals surface area contributed by atoms with Crippen LogP contribution in [0.4, 0.5) is 0 Å². The first kappa shape index (κ1) is 17.4. The Hall–Kier alpha value is -2.03. The molecular weight excluding hydrogens is 368 g/mol. The van der Waals surface area contributed by atoms with Gasteiger partial charge in [-0.25, -0.2) is 4.98 Å². The maximum Gasteiger partial charge on any atom is 0.263 e. The molecular formula is C18H20N4O2S2. The first-order valence-electron chi connectivity index (χ1n) is 8.65. The summed E-state index contributed by atoms with van der Waals surface area (Å²) in [5.41, 5.74) is 6.47. The van der Waals surface area contributed by atoms with E-state index >= 15 is 0 Å². The molecule has 136 valence electrons. The van der Waals surface area contributed by atoms with Gasteiger partial charge in [-0.15, -0.1) is 22.7 Å². The fourth-order valence-corrected chi connectivity index (χ4v) is 5.08. The highest BCUT2D eigenvalue weighted by Gasteiger charge is 2.23. The molecule has 1 aliphatic rings. The van der Waals surface area contributed by atoms with Gasteiger partial charge in [-0.2, -0.15) is 0 Å². The number of carbonyl (C=O) groups excluding carboxylic acids is 1. The number of carbonyl (C=O) groups is 1. The lowest BCUT2D eigenvalue weighted by atomic mass is 9.97. The van der Waals surface area contributed by atoms with Gasteiger partial charge >= 0.3 is 0 Å². The number of likely N-dealkylation sites (tertiary alicyclic amines) is 1. The Morgan fingerprint density at radius 1 is 1.31 bits per heavy atom. The van der Waals surface area contributed by atoms with E-state index in [-0.39, 0.29) is 18.0 Å². The molecule has 1 aliphatic heterocycles. The van der Waals surface area contributed by atoms with Crippen LogP contribution in [0.25, 0.3) is 20.7 Å². The fourth-order valence-electron chi connectivity index (χ4n) is 3.36. The van der Waals surface area contributed by atoms with Crippen LogP contribution in [0.5, 0.6) is 0 Å². The third kappa shape index (κ3) is 3.20. The molecule has 0 bridgehead atoms. The molecule has 0 saturated carbocycles. The lowest BCUT2D eigenvalue weighted by molar-refractivity contribution is -0.133. The minimum absolute atomic E-state index is 0.0309. The van der Waals surface area contributed by atoms with Crippen molar-refractivity contribution >= 4 is 38.8 Å². The molecule has 2 N–H and O–H groups in total. The molecule has 1 amide bonds. The monoisotopic (exact) mass is 388 g/mol. The summed E-state index contributed by atoms with van der Waals surface area (Å²) in [6.07, 6.45) is 3.35. The summed E-state index contributed by atoms with van der Waals surface area (Å²) in [7, 11) is 0. The van der Waals surface area contributed by atoms with E-state index in [9.17, 15) is 9.59 Å². The topological polar surface area (TPSA) is 81.2 Å². The second-order valence-corrected chi connectivity index (χ2v) is 8.35. The van der Waals surface area contributed by atoms with Crippen molar-refractivity contribution in [3.8, 4) is 10.4 Å². The van der Waals surface area contributed by atoms with Crippen molar-refractivity contribution in [1.29, 1.82) is 0 Å². The highest BCUT2D eigenvalue weighted by molar-refractivity contribution is 7.18. The molecule has 0 aliphatic carbocycles. The van der Waals surface area contributed by atoms with Gasteiger partial charge in [0.15, 0.2) is 0 Å². The minimum Gasteiger partial charge on any atom is -0.341 e. The van der Waals surface area contributed by atoms with Crippen LogP contribution < -0.4 is 11.3 Å². The summed E-state index contributed by atoms with van der Waals surface area (Å²) in [6.45, 7) is 2.13. The number of aromatic nitrogens is 2. The van der Waals surface area contributed by atoms with Gasteiger partial charge in [0.05, 0.1) is 11.7 Å². The number of hydrogen-bond acceptors (Lipinski definition) is 6. The number of fused-ring (bicyclic) bond motifs is 1. The average Bonchev–Trinajstić information content (AvgIpc) is 3.33. The largest absolute Gasteiger partial charge is 0.341 e. The summed E-state index contributed by atoms with van der Waals surface area (Å²) < 4.78 is 1.43. The van der Waals surface area contributed by atoms with Crippen LogP contribution in [-0.4, -0.2) is 40.0 Å². The molecule has 0 spiro atoms. The number of amides is 1. The zero-order chi connectivity index (χ0) is 18.1. The first-order valence-corrected chi connectivity index (χ1v) is 10.4. The van der Waals surface area contributed by atoms with Crippen molar-refractivity contribution in [2.45, 2.75) is 19.4 Å². The Bertz CT molecular complexity index is 969. The predicted molar refractivity (Wildman–Crippen MR) is 106 cm³/mol. The molecule has 26 heavy (non-hydrogen) atoms. The molecule has 0 unspecified atom stereocenters. The quantitative estimate of drug-likeness (QED) is 0.744. The number of nitrogens with zero attached hydrogens (tertiary/aromatic N) is 3. The third-order valence-electron chi connectivity index (χ3n) is 4.95. The van der Waals surface area contributed by atoms with E-state index in [1.54, 1.807) is 11.3 Å². The molecule has 0 atom stereocenters. The Labute approximate surface area is 158 Å². The van der Waals surface area contributed by atoms with Crippen LogP contribution in [0, 0.1) is 5.92 Å². The average molecular weight is 389 g/mol. The van der Waals surface area contributed by atoms with Crippen LogP contribution in [0.2, 0.25) is 0 Å².